The van der Waals surface area contributed by atoms with E-state index < -0.39 is 0 Å². The first-order chi connectivity index (χ1) is 6.90. The lowest BCUT2D eigenvalue weighted by Gasteiger charge is -2.18. The van der Waals surface area contributed by atoms with Gasteiger partial charge in [0.1, 0.15) is 0 Å². The summed E-state index contributed by atoms with van der Waals surface area (Å²) in [7, 11) is 0. The van der Waals surface area contributed by atoms with Crippen molar-refractivity contribution in [1.82, 2.24) is 14.9 Å². The Bertz CT molecular complexity index is 263. The monoisotopic (exact) mass is 229 g/mol. The van der Waals surface area contributed by atoms with Gasteiger partial charge in [0.15, 0.2) is 0 Å². The molecule has 1 aromatic rings. The third-order valence-corrected chi connectivity index (χ3v) is 4.43. The molecule has 0 amide bonds. The number of rotatable bonds is 4. The molecule has 0 spiro atoms. The fourth-order valence-electron chi connectivity index (χ4n) is 1.94. The van der Waals surface area contributed by atoms with Crippen LogP contribution in [0.3, 0.4) is 0 Å². The average molecular weight is 229 g/mol. The Hall–Kier alpha value is -0.130. The Labute approximate surface area is 92.8 Å². The first-order valence-electron chi connectivity index (χ1n) is 4.92. The van der Waals surface area contributed by atoms with Crippen LogP contribution in [0.25, 0.3) is 0 Å². The molecule has 1 fully saturated rings. The van der Waals surface area contributed by atoms with E-state index >= 15 is 0 Å². The van der Waals surface area contributed by atoms with E-state index in [0.29, 0.717) is 6.04 Å². The van der Waals surface area contributed by atoms with Gasteiger partial charge in [-0.3, -0.25) is 0 Å². The van der Waals surface area contributed by atoms with Crippen molar-refractivity contribution < 1.29 is 0 Å². The van der Waals surface area contributed by atoms with Gasteiger partial charge in [-0.2, -0.15) is 11.8 Å². The molecule has 0 saturated heterocycles. The number of hydrogen-bond donors (Lipinski definition) is 1. The molecule has 0 aliphatic heterocycles. The van der Waals surface area contributed by atoms with Crippen LogP contribution in [0, 0.1) is 0 Å². The fourth-order valence-corrected chi connectivity index (χ4v) is 3.35. The Morgan fingerprint density at radius 1 is 1.64 bits per heavy atom. The third kappa shape index (κ3) is 2.46. The SMILES string of the molecule is CSC1CCCC1NCc1csnn1. The number of nitrogens with one attached hydrogen (secondary N) is 1. The Kier molecular flexibility index (Phi) is 3.78. The van der Waals surface area contributed by atoms with E-state index in [4.69, 9.17) is 0 Å². The lowest BCUT2D eigenvalue weighted by molar-refractivity contribution is 0.527. The topological polar surface area (TPSA) is 37.8 Å². The van der Waals surface area contributed by atoms with Crippen LogP contribution in [0.2, 0.25) is 0 Å². The Morgan fingerprint density at radius 2 is 2.57 bits per heavy atom. The Balaban J connectivity index is 1.80. The van der Waals surface area contributed by atoms with Gasteiger partial charge < -0.3 is 5.32 Å². The molecule has 1 saturated carbocycles. The number of hydrogen-bond acceptors (Lipinski definition) is 5. The largest absolute Gasteiger partial charge is 0.307 e. The van der Waals surface area contributed by atoms with Gasteiger partial charge in [-0.15, -0.1) is 5.10 Å². The van der Waals surface area contributed by atoms with Crippen LogP contribution < -0.4 is 5.32 Å². The van der Waals surface area contributed by atoms with Crippen molar-refractivity contribution in [2.75, 3.05) is 6.26 Å². The van der Waals surface area contributed by atoms with Crippen molar-refractivity contribution >= 4 is 23.3 Å². The molecule has 1 aromatic heterocycles. The van der Waals surface area contributed by atoms with E-state index in [0.717, 1.165) is 17.5 Å². The second kappa shape index (κ2) is 5.09. The van der Waals surface area contributed by atoms with Gasteiger partial charge in [0.25, 0.3) is 0 Å². The minimum absolute atomic E-state index is 0.673. The molecule has 1 N–H and O–H groups in total. The van der Waals surface area contributed by atoms with Gasteiger partial charge in [-0.25, -0.2) is 0 Å². The zero-order valence-electron chi connectivity index (χ0n) is 8.27. The highest BCUT2D eigenvalue weighted by Crippen LogP contribution is 2.28. The lowest BCUT2D eigenvalue weighted by atomic mass is 10.2. The molecular weight excluding hydrogens is 214 g/mol. The third-order valence-electron chi connectivity index (χ3n) is 2.71. The van der Waals surface area contributed by atoms with Gasteiger partial charge in [0.2, 0.25) is 0 Å². The van der Waals surface area contributed by atoms with Crippen molar-refractivity contribution in [1.29, 1.82) is 0 Å². The van der Waals surface area contributed by atoms with Crippen LogP contribution in [-0.2, 0) is 6.54 Å². The van der Waals surface area contributed by atoms with E-state index in [9.17, 15) is 0 Å². The number of thioether (sulfide) groups is 1. The molecule has 1 heterocycles. The number of nitrogens with zero attached hydrogens (tertiary/aromatic N) is 2. The number of aromatic nitrogens is 2. The predicted octanol–water partition coefficient (Wildman–Crippen LogP) is 1.91. The molecule has 2 atom stereocenters. The molecule has 1 aliphatic rings. The second-order valence-corrected chi connectivity index (χ2v) is 5.28. The summed E-state index contributed by atoms with van der Waals surface area (Å²) >= 11 is 3.40. The molecule has 1 aliphatic carbocycles. The molecule has 78 valence electrons. The molecule has 2 unspecified atom stereocenters. The molecular formula is C9H15N3S2. The average Bonchev–Trinajstić information content (AvgIpc) is 2.85. The van der Waals surface area contributed by atoms with Crippen LogP contribution in [0.4, 0.5) is 0 Å². The highest BCUT2D eigenvalue weighted by Gasteiger charge is 2.25. The fraction of sp³-hybridized carbons (Fsp3) is 0.778. The summed E-state index contributed by atoms with van der Waals surface area (Å²) < 4.78 is 3.85. The first-order valence-corrected chi connectivity index (χ1v) is 7.04. The minimum Gasteiger partial charge on any atom is -0.307 e. The summed E-state index contributed by atoms with van der Waals surface area (Å²) in [5, 5.41) is 10.4. The van der Waals surface area contributed by atoms with Crippen molar-refractivity contribution in [3.8, 4) is 0 Å². The van der Waals surface area contributed by atoms with Gasteiger partial charge in [0.05, 0.1) is 5.69 Å². The van der Waals surface area contributed by atoms with E-state index in [1.165, 1.54) is 30.8 Å². The lowest BCUT2D eigenvalue weighted by Crippen LogP contribution is -2.33. The van der Waals surface area contributed by atoms with Gasteiger partial charge in [-0.1, -0.05) is 10.9 Å². The maximum Gasteiger partial charge on any atom is 0.0893 e. The molecule has 0 bridgehead atoms. The standard InChI is InChI=1S/C9H15N3S2/c1-13-9-4-2-3-8(9)10-5-7-6-14-12-11-7/h6,8-10H,2-5H2,1H3. The summed E-state index contributed by atoms with van der Waals surface area (Å²) in [5.74, 6) is 0. The van der Waals surface area contributed by atoms with Crippen molar-refractivity contribution in [3.63, 3.8) is 0 Å². The maximum absolute atomic E-state index is 4.03. The van der Waals surface area contributed by atoms with E-state index in [-0.39, 0.29) is 0 Å². The molecule has 2 rings (SSSR count). The van der Waals surface area contributed by atoms with Crippen LogP contribution in [-0.4, -0.2) is 27.1 Å². The predicted molar refractivity (Wildman–Crippen MR) is 61.7 cm³/mol. The zero-order chi connectivity index (χ0) is 9.80. The summed E-state index contributed by atoms with van der Waals surface area (Å²) in [6, 6.07) is 0.673. The smallest absolute Gasteiger partial charge is 0.0893 e. The Morgan fingerprint density at radius 3 is 3.29 bits per heavy atom. The molecule has 0 aromatic carbocycles. The summed E-state index contributed by atoms with van der Waals surface area (Å²) in [5.41, 5.74) is 1.07. The van der Waals surface area contributed by atoms with E-state index in [2.05, 4.69) is 21.2 Å². The summed E-state index contributed by atoms with van der Waals surface area (Å²) in [6.07, 6.45) is 6.23. The van der Waals surface area contributed by atoms with Crippen molar-refractivity contribution in [2.24, 2.45) is 0 Å². The van der Waals surface area contributed by atoms with Crippen molar-refractivity contribution in [3.05, 3.63) is 11.1 Å². The molecule has 14 heavy (non-hydrogen) atoms. The van der Waals surface area contributed by atoms with Gasteiger partial charge >= 0.3 is 0 Å². The second-order valence-electron chi connectivity index (χ2n) is 3.59. The normalized spacial score (nSPS) is 26.9. The van der Waals surface area contributed by atoms with Gasteiger partial charge in [-0.05, 0) is 30.6 Å². The van der Waals surface area contributed by atoms with Crippen molar-refractivity contribution in [2.45, 2.75) is 37.1 Å². The maximum atomic E-state index is 4.03. The quantitative estimate of drug-likeness (QED) is 0.856. The highest BCUT2D eigenvalue weighted by molar-refractivity contribution is 7.99. The molecule has 5 heteroatoms. The minimum atomic E-state index is 0.673. The van der Waals surface area contributed by atoms with Crippen LogP contribution in [0.5, 0.6) is 0 Å². The van der Waals surface area contributed by atoms with Gasteiger partial charge in [0, 0.05) is 23.2 Å². The van der Waals surface area contributed by atoms with Crippen LogP contribution in [0.1, 0.15) is 25.0 Å². The van der Waals surface area contributed by atoms with E-state index in [1.54, 1.807) is 0 Å². The van der Waals surface area contributed by atoms with Crippen LogP contribution >= 0.6 is 23.3 Å². The zero-order valence-corrected chi connectivity index (χ0v) is 9.90. The van der Waals surface area contributed by atoms with E-state index in [1.807, 2.05) is 17.1 Å². The summed E-state index contributed by atoms with van der Waals surface area (Å²) in [6.45, 7) is 0.873. The highest BCUT2D eigenvalue weighted by atomic mass is 32.2. The first kappa shape index (κ1) is 10.4. The molecule has 0 radical (unpaired) electrons. The summed E-state index contributed by atoms with van der Waals surface area (Å²) in [4.78, 5) is 0. The van der Waals surface area contributed by atoms with Crippen LogP contribution in [0.15, 0.2) is 5.38 Å². The molecule has 3 nitrogen and oxygen atoms in total.